The van der Waals surface area contributed by atoms with Gasteiger partial charge in [0.1, 0.15) is 0 Å². The van der Waals surface area contributed by atoms with Gasteiger partial charge in [0.25, 0.3) is 5.91 Å². The Labute approximate surface area is 167 Å². The van der Waals surface area contributed by atoms with E-state index in [0.29, 0.717) is 38.3 Å². The van der Waals surface area contributed by atoms with Gasteiger partial charge in [-0.05, 0) is 23.3 Å². The monoisotopic (exact) mass is 401 g/mol. The summed E-state index contributed by atoms with van der Waals surface area (Å²) in [6.45, 7) is 3.05. The van der Waals surface area contributed by atoms with Crippen LogP contribution in [0.1, 0.15) is 21.5 Å². The van der Waals surface area contributed by atoms with Crippen LogP contribution in [0.4, 0.5) is 0 Å². The first kappa shape index (κ1) is 20.5. The van der Waals surface area contributed by atoms with Gasteiger partial charge in [0.05, 0.1) is 5.75 Å². The molecule has 1 amide bonds. The van der Waals surface area contributed by atoms with E-state index in [9.17, 15) is 13.2 Å². The van der Waals surface area contributed by atoms with Crippen molar-refractivity contribution in [3.8, 4) is 0 Å². The summed E-state index contributed by atoms with van der Waals surface area (Å²) in [6.07, 6.45) is 0. The van der Waals surface area contributed by atoms with Crippen LogP contribution < -0.4 is 0 Å². The van der Waals surface area contributed by atoms with Crippen LogP contribution in [-0.2, 0) is 22.3 Å². The molecule has 2 aromatic carbocycles. The average molecular weight is 402 g/mol. The lowest BCUT2D eigenvalue weighted by molar-refractivity contribution is 0.0827. The van der Waals surface area contributed by atoms with Crippen molar-refractivity contribution >= 4 is 15.9 Å². The second-order valence-electron chi connectivity index (χ2n) is 7.32. The molecule has 28 heavy (non-hydrogen) atoms. The molecule has 0 unspecified atom stereocenters. The summed E-state index contributed by atoms with van der Waals surface area (Å²) in [5, 5.41) is 0. The first-order valence-electron chi connectivity index (χ1n) is 9.40. The fourth-order valence-electron chi connectivity index (χ4n) is 3.36. The second kappa shape index (κ2) is 8.86. The number of benzene rings is 2. The zero-order valence-corrected chi connectivity index (χ0v) is 17.2. The van der Waals surface area contributed by atoms with Gasteiger partial charge in [-0.3, -0.25) is 9.69 Å². The van der Waals surface area contributed by atoms with E-state index < -0.39 is 10.0 Å². The highest BCUT2D eigenvalue weighted by atomic mass is 32.2. The topological polar surface area (TPSA) is 60.9 Å². The van der Waals surface area contributed by atoms with E-state index in [1.54, 1.807) is 23.3 Å². The Morgan fingerprint density at radius 1 is 0.929 bits per heavy atom. The SMILES string of the molecule is CN(C)C(=O)c1cccc(CN2CCN(S(=O)(=O)Cc3ccccc3)CC2)c1. The highest BCUT2D eigenvalue weighted by Crippen LogP contribution is 2.16. The lowest BCUT2D eigenvalue weighted by Crippen LogP contribution is -2.48. The van der Waals surface area contributed by atoms with E-state index in [1.807, 2.05) is 54.6 Å². The Morgan fingerprint density at radius 3 is 2.21 bits per heavy atom. The van der Waals surface area contributed by atoms with Gasteiger partial charge < -0.3 is 4.90 Å². The van der Waals surface area contributed by atoms with Crippen molar-refractivity contribution in [2.45, 2.75) is 12.3 Å². The second-order valence-corrected chi connectivity index (χ2v) is 9.29. The van der Waals surface area contributed by atoms with Crippen molar-refractivity contribution < 1.29 is 13.2 Å². The maximum atomic E-state index is 12.7. The molecule has 7 heteroatoms. The van der Waals surface area contributed by atoms with Crippen molar-refractivity contribution in [3.63, 3.8) is 0 Å². The number of piperazine rings is 1. The number of carbonyl (C=O) groups excluding carboxylic acids is 1. The maximum absolute atomic E-state index is 12.7. The summed E-state index contributed by atoms with van der Waals surface area (Å²) >= 11 is 0. The van der Waals surface area contributed by atoms with Gasteiger partial charge in [0, 0.05) is 52.4 Å². The molecule has 0 aliphatic carbocycles. The third-order valence-corrected chi connectivity index (χ3v) is 6.75. The number of amides is 1. The Bertz CT molecular complexity index is 906. The van der Waals surface area contributed by atoms with Gasteiger partial charge >= 0.3 is 0 Å². The molecule has 1 aliphatic rings. The minimum atomic E-state index is -3.30. The molecule has 1 saturated heterocycles. The van der Waals surface area contributed by atoms with Crippen LogP contribution in [0.5, 0.6) is 0 Å². The van der Waals surface area contributed by atoms with Gasteiger partial charge in [-0.2, -0.15) is 4.31 Å². The van der Waals surface area contributed by atoms with Gasteiger partial charge in [0.15, 0.2) is 0 Å². The zero-order valence-electron chi connectivity index (χ0n) is 16.4. The fraction of sp³-hybridized carbons (Fsp3) is 0.381. The van der Waals surface area contributed by atoms with Crippen molar-refractivity contribution in [1.82, 2.24) is 14.1 Å². The summed E-state index contributed by atoms with van der Waals surface area (Å²) in [4.78, 5) is 15.9. The van der Waals surface area contributed by atoms with Crippen LogP contribution in [0.3, 0.4) is 0 Å². The van der Waals surface area contributed by atoms with Crippen LogP contribution in [0, 0.1) is 0 Å². The van der Waals surface area contributed by atoms with Crippen LogP contribution in [-0.4, -0.2) is 68.7 Å². The third-order valence-electron chi connectivity index (χ3n) is 4.90. The quantitative estimate of drug-likeness (QED) is 0.743. The summed E-state index contributed by atoms with van der Waals surface area (Å²) in [6, 6.07) is 16.9. The van der Waals surface area contributed by atoms with E-state index in [0.717, 1.165) is 11.1 Å². The standard InChI is InChI=1S/C21H27N3O3S/c1-22(2)21(25)20-10-6-9-19(15-20)16-23-11-13-24(14-12-23)28(26,27)17-18-7-4-3-5-8-18/h3-10,15H,11-14,16-17H2,1-2H3. The molecule has 0 radical (unpaired) electrons. The van der Waals surface area contributed by atoms with Crippen molar-refractivity contribution in [1.29, 1.82) is 0 Å². The number of hydrogen-bond donors (Lipinski definition) is 0. The number of nitrogens with zero attached hydrogens (tertiary/aromatic N) is 3. The number of rotatable bonds is 6. The van der Waals surface area contributed by atoms with Gasteiger partial charge in [-0.1, -0.05) is 42.5 Å². The molecule has 1 fully saturated rings. The summed E-state index contributed by atoms with van der Waals surface area (Å²) < 4.78 is 26.9. The lowest BCUT2D eigenvalue weighted by atomic mass is 10.1. The zero-order chi connectivity index (χ0) is 20.1. The van der Waals surface area contributed by atoms with Gasteiger partial charge in [-0.15, -0.1) is 0 Å². The first-order chi connectivity index (χ1) is 13.3. The predicted octanol–water partition coefficient (Wildman–Crippen LogP) is 2.04. The van der Waals surface area contributed by atoms with Crippen LogP contribution in [0.15, 0.2) is 54.6 Å². The normalized spacial score (nSPS) is 16.1. The Kier molecular flexibility index (Phi) is 6.49. The molecule has 1 aliphatic heterocycles. The molecule has 1 heterocycles. The average Bonchev–Trinajstić information content (AvgIpc) is 2.68. The minimum Gasteiger partial charge on any atom is -0.345 e. The molecule has 0 aromatic heterocycles. The molecule has 0 saturated carbocycles. The minimum absolute atomic E-state index is 0.0151. The van der Waals surface area contributed by atoms with E-state index in [1.165, 1.54) is 0 Å². The first-order valence-corrected chi connectivity index (χ1v) is 11.0. The van der Waals surface area contributed by atoms with Crippen LogP contribution >= 0.6 is 0 Å². The highest BCUT2D eigenvalue weighted by Gasteiger charge is 2.27. The molecule has 150 valence electrons. The molecule has 2 aromatic rings. The Hall–Kier alpha value is -2.22. The van der Waals surface area contributed by atoms with Gasteiger partial charge in [-0.25, -0.2) is 8.42 Å². The molecule has 0 bridgehead atoms. The van der Waals surface area contributed by atoms with Crippen molar-refractivity contribution in [2.24, 2.45) is 0 Å². The lowest BCUT2D eigenvalue weighted by Gasteiger charge is -2.34. The van der Waals surface area contributed by atoms with Crippen molar-refractivity contribution in [2.75, 3.05) is 40.3 Å². The van der Waals surface area contributed by atoms with E-state index in [4.69, 9.17) is 0 Å². The summed E-state index contributed by atoms with van der Waals surface area (Å²) in [7, 11) is 0.177. The maximum Gasteiger partial charge on any atom is 0.253 e. The molecule has 3 rings (SSSR count). The number of carbonyl (C=O) groups is 1. The molecular weight excluding hydrogens is 374 g/mol. The molecule has 0 spiro atoms. The molecule has 0 atom stereocenters. The smallest absolute Gasteiger partial charge is 0.253 e. The van der Waals surface area contributed by atoms with Crippen LogP contribution in [0.25, 0.3) is 0 Å². The number of sulfonamides is 1. The van der Waals surface area contributed by atoms with E-state index in [2.05, 4.69) is 4.90 Å². The molecule has 6 nitrogen and oxygen atoms in total. The number of hydrogen-bond acceptors (Lipinski definition) is 4. The van der Waals surface area contributed by atoms with E-state index in [-0.39, 0.29) is 11.7 Å². The molecular formula is C21H27N3O3S. The largest absolute Gasteiger partial charge is 0.345 e. The van der Waals surface area contributed by atoms with Crippen molar-refractivity contribution in [3.05, 3.63) is 71.3 Å². The Balaban J connectivity index is 1.57. The third kappa shape index (κ3) is 5.19. The fourth-order valence-corrected chi connectivity index (χ4v) is 4.88. The Morgan fingerprint density at radius 2 is 1.57 bits per heavy atom. The van der Waals surface area contributed by atoms with E-state index >= 15 is 0 Å². The highest BCUT2D eigenvalue weighted by molar-refractivity contribution is 7.88. The molecule has 0 N–H and O–H groups in total. The summed E-state index contributed by atoms with van der Waals surface area (Å²) in [5.74, 6) is 0.0291. The van der Waals surface area contributed by atoms with Gasteiger partial charge in [0.2, 0.25) is 10.0 Å². The predicted molar refractivity (Wildman–Crippen MR) is 110 cm³/mol. The summed E-state index contributed by atoms with van der Waals surface area (Å²) in [5.41, 5.74) is 2.55. The van der Waals surface area contributed by atoms with Crippen LogP contribution in [0.2, 0.25) is 0 Å².